The molecule has 2 aromatic rings. The van der Waals surface area contributed by atoms with Crippen molar-refractivity contribution in [2.24, 2.45) is 0 Å². The molecular weight excluding hydrogens is 448 g/mol. The lowest BCUT2D eigenvalue weighted by Crippen LogP contribution is -2.54. The predicted octanol–water partition coefficient (Wildman–Crippen LogP) is 3.02. The van der Waals surface area contributed by atoms with E-state index in [0.717, 1.165) is 4.47 Å². The Bertz CT molecular complexity index is 1040. The van der Waals surface area contributed by atoms with Gasteiger partial charge in [-0.1, -0.05) is 15.9 Å². The van der Waals surface area contributed by atoms with Crippen molar-refractivity contribution in [3.63, 3.8) is 0 Å². The van der Waals surface area contributed by atoms with Crippen LogP contribution in [0.25, 0.3) is 6.08 Å². The SMILES string of the molecule is COc1cc2c(cc1/C=C1/C(=O)NC(=S)N(c3ccc(Br)cc3)C1=O)OCO2. The number of carbonyl (C=O) groups is 2. The summed E-state index contributed by atoms with van der Waals surface area (Å²) in [6, 6.07) is 10.3. The number of carbonyl (C=O) groups excluding carboxylic acids is 2. The van der Waals surface area contributed by atoms with Crippen LogP contribution in [0.5, 0.6) is 17.2 Å². The van der Waals surface area contributed by atoms with Crippen molar-refractivity contribution in [2.45, 2.75) is 0 Å². The number of rotatable bonds is 3. The summed E-state index contributed by atoms with van der Waals surface area (Å²) in [4.78, 5) is 26.8. The third kappa shape index (κ3) is 3.23. The van der Waals surface area contributed by atoms with Crippen LogP contribution in [-0.4, -0.2) is 30.8 Å². The van der Waals surface area contributed by atoms with Gasteiger partial charge in [0, 0.05) is 16.1 Å². The van der Waals surface area contributed by atoms with Crippen LogP contribution >= 0.6 is 28.1 Å². The van der Waals surface area contributed by atoms with Crippen LogP contribution in [0, 0.1) is 0 Å². The Morgan fingerprint density at radius 1 is 1.18 bits per heavy atom. The van der Waals surface area contributed by atoms with Gasteiger partial charge in [0.1, 0.15) is 11.3 Å². The molecule has 0 saturated carbocycles. The molecule has 7 nitrogen and oxygen atoms in total. The Morgan fingerprint density at radius 2 is 1.86 bits per heavy atom. The van der Waals surface area contributed by atoms with Crippen LogP contribution in [0.15, 0.2) is 46.4 Å². The highest BCUT2D eigenvalue weighted by molar-refractivity contribution is 9.10. The molecule has 1 fully saturated rings. The van der Waals surface area contributed by atoms with E-state index in [4.69, 9.17) is 26.4 Å². The number of fused-ring (bicyclic) bond motifs is 1. The fourth-order valence-corrected chi connectivity index (χ4v) is 3.41. The van der Waals surface area contributed by atoms with Gasteiger partial charge in [-0.3, -0.25) is 19.8 Å². The molecule has 0 bridgehead atoms. The third-order valence-corrected chi connectivity index (χ3v) is 5.02. The number of nitrogens with zero attached hydrogens (tertiary/aromatic N) is 1. The van der Waals surface area contributed by atoms with Crippen molar-refractivity contribution in [1.82, 2.24) is 5.32 Å². The van der Waals surface area contributed by atoms with E-state index in [1.165, 1.54) is 18.1 Å². The van der Waals surface area contributed by atoms with Gasteiger partial charge in [0.05, 0.1) is 12.8 Å². The number of hydrogen-bond donors (Lipinski definition) is 1. The Balaban J connectivity index is 1.76. The summed E-state index contributed by atoms with van der Waals surface area (Å²) in [6.07, 6.45) is 1.45. The fourth-order valence-electron chi connectivity index (χ4n) is 2.87. The Hall–Kier alpha value is -2.91. The highest BCUT2D eigenvalue weighted by atomic mass is 79.9. The van der Waals surface area contributed by atoms with Crippen LogP contribution in [0.4, 0.5) is 5.69 Å². The van der Waals surface area contributed by atoms with Crippen LogP contribution in [-0.2, 0) is 9.59 Å². The van der Waals surface area contributed by atoms with E-state index < -0.39 is 11.8 Å². The van der Waals surface area contributed by atoms with Gasteiger partial charge in [0.15, 0.2) is 16.6 Å². The highest BCUT2D eigenvalue weighted by Crippen LogP contribution is 2.39. The molecule has 2 aromatic carbocycles. The van der Waals surface area contributed by atoms with Gasteiger partial charge in [-0.05, 0) is 48.6 Å². The molecule has 0 aliphatic carbocycles. The molecule has 0 aromatic heterocycles. The number of methoxy groups -OCH3 is 1. The Labute approximate surface area is 174 Å². The number of ether oxygens (including phenoxy) is 3. The summed E-state index contributed by atoms with van der Waals surface area (Å²) in [5.41, 5.74) is 0.976. The zero-order valence-electron chi connectivity index (χ0n) is 14.5. The maximum absolute atomic E-state index is 13.1. The van der Waals surface area contributed by atoms with Gasteiger partial charge < -0.3 is 14.2 Å². The molecule has 2 heterocycles. The summed E-state index contributed by atoms with van der Waals surface area (Å²) >= 11 is 8.55. The zero-order chi connectivity index (χ0) is 19.8. The second kappa shape index (κ2) is 7.25. The van der Waals surface area contributed by atoms with Gasteiger partial charge in [-0.2, -0.15) is 0 Å². The molecule has 0 unspecified atom stereocenters. The molecule has 9 heteroatoms. The summed E-state index contributed by atoms with van der Waals surface area (Å²) in [5.74, 6) is 0.382. The maximum Gasteiger partial charge on any atom is 0.270 e. The molecule has 4 rings (SSSR count). The van der Waals surface area contributed by atoms with Crippen LogP contribution in [0.2, 0.25) is 0 Å². The van der Waals surface area contributed by atoms with Crippen molar-refractivity contribution in [3.8, 4) is 17.2 Å². The van der Waals surface area contributed by atoms with E-state index in [9.17, 15) is 9.59 Å². The predicted molar refractivity (Wildman–Crippen MR) is 109 cm³/mol. The van der Waals surface area contributed by atoms with E-state index in [0.29, 0.717) is 28.5 Å². The summed E-state index contributed by atoms with van der Waals surface area (Å²) in [7, 11) is 1.49. The fraction of sp³-hybridized carbons (Fsp3) is 0.105. The lowest BCUT2D eigenvalue weighted by molar-refractivity contribution is -0.122. The van der Waals surface area contributed by atoms with Gasteiger partial charge in [-0.25, -0.2) is 0 Å². The largest absolute Gasteiger partial charge is 0.496 e. The maximum atomic E-state index is 13.1. The number of hydrogen-bond acceptors (Lipinski definition) is 6. The normalized spacial score (nSPS) is 17.1. The molecule has 2 amide bonds. The molecule has 28 heavy (non-hydrogen) atoms. The molecule has 142 valence electrons. The molecule has 1 saturated heterocycles. The highest BCUT2D eigenvalue weighted by Gasteiger charge is 2.34. The first kappa shape index (κ1) is 18.5. The molecule has 2 aliphatic rings. The van der Waals surface area contributed by atoms with E-state index in [2.05, 4.69) is 21.2 Å². The average Bonchev–Trinajstić information content (AvgIpc) is 3.13. The van der Waals surface area contributed by atoms with Crippen LogP contribution in [0.1, 0.15) is 5.56 Å². The number of thiocarbonyl (C=S) groups is 1. The van der Waals surface area contributed by atoms with Crippen molar-refractivity contribution in [1.29, 1.82) is 0 Å². The summed E-state index contributed by atoms with van der Waals surface area (Å²) < 4.78 is 16.9. The first-order valence-electron chi connectivity index (χ1n) is 8.12. The van der Waals surface area contributed by atoms with E-state index in [1.54, 1.807) is 36.4 Å². The number of anilines is 1. The second-order valence-electron chi connectivity index (χ2n) is 5.88. The quantitative estimate of drug-likeness (QED) is 0.430. The number of nitrogens with one attached hydrogen (secondary N) is 1. The van der Waals surface area contributed by atoms with Gasteiger partial charge in [-0.15, -0.1) is 0 Å². The Kier molecular flexibility index (Phi) is 4.78. The minimum atomic E-state index is -0.580. The van der Waals surface area contributed by atoms with E-state index in [-0.39, 0.29) is 17.5 Å². The van der Waals surface area contributed by atoms with Crippen molar-refractivity contribution in [2.75, 3.05) is 18.8 Å². The van der Waals surface area contributed by atoms with Crippen molar-refractivity contribution in [3.05, 3.63) is 52.0 Å². The molecule has 0 spiro atoms. The van der Waals surface area contributed by atoms with E-state index in [1.807, 2.05) is 0 Å². The minimum Gasteiger partial charge on any atom is -0.496 e. The summed E-state index contributed by atoms with van der Waals surface area (Å²) in [6.45, 7) is 0.101. The number of halogens is 1. The lowest BCUT2D eigenvalue weighted by Gasteiger charge is -2.29. The van der Waals surface area contributed by atoms with Gasteiger partial charge in [0.25, 0.3) is 11.8 Å². The van der Waals surface area contributed by atoms with Crippen LogP contribution in [0.3, 0.4) is 0 Å². The lowest BCUT2D eigenvalue weighted by atomic mass is 10.1. The first-order chi connectivity index (χ1) is 13.5. The average molecular weight is 461 g/mol. The van der Waals surface area contributed by atoms with Gasteiger partial charge >= 0.3 is 0 Å². The molecule has 1 N–H and O–H groups in total. The molecule has 0 radical (unpaired) electrons. The van der Waals surface area contributed by atoms with Crippen molar-refractivity contribution >= 4 is 56.8 Å². The van der Waals surface area contributed by atoms with Gasteiger partial charge in [0.2, 0.25) is 6.79 Å². The van der Waals surface area contributed by atoms with E-state index >= 15 is 0 Å². The van der Waals surface area contributed by atoms with Crippen molar-refractivity contribution < 1.29 is 23.8 Å². The molecular formula is C19H13BrN2O5S. The monoisotopic (exact) mass is 460 g/mol. The standard InChI is InChI=1S/C19H13BrN2O5S/c1-25-14-8-16-15(26-9-27-16)7-10(14)6-13-17(23)21-19(28)22(18(13)24)12-4-2-11(20)3-5-12/h2-8H,9H2,1H3,(H,21,23,28)/b13-6-. The Morgan fingerprint density at radius 3 is 2.54 bits per heavy atom. The topological polar surface area (TPSA) is 77.1 Å². The second-order valence-corrected chi connectivity index (χ2v) is 7.18. The first-order valence-corrected chi connectivity index (χ1v) is 9.32. The summed E-state index contributed by atoms with van der Waals surface area (Å²) in [5, 5.41) is 2.57. The van der Waals surface area contributed by atoms with Crippen LogP contribution < -0.4 is 24.4 Å². The minimum absolute atomic E-state index is 0.0205. The molecule has 0 atom stereocenters. The number of benzene rings is 2. The zero-order valence-corrected chi connectivity index (χ0v) is 16.9. The molecule has 2 aliphatic heterocycles. The number of amides is 2. The smallest absolute Gasteiger partial charge is 0.270 e. The third-order valence-electron chi connectivity index (χ3n) is 4.21.